The van der Waals surface area contributed by atoms with E-state index in [0.29, 0.717) is 11.9 Å². The van der Waals surface area contributed by atoms with Crippen LogP contribution in [0.5, 0.6) is 0 Å². The average molecular weight is 266 g/mol. The molecule has 1 rings (SSSR count). The maximum Gasteiger partial charge on any atom is 0.231 e. The van der Waals surface area contributed by atoms with Gasteiger partial charge in [0.25, 0.3) is 0 Å². The van der Waals surface area contributed by atoms with Crippen LogP contribution in [0.15, 0.2) is 0 Å². The molecule has 0 aliphatic rings. The lowest BCUT2D eigenvalue weighted by Crippen LogP contribution is -2.29. The number of rotatable bonds is 8. The number of hydrogen-bond acceptors (Lipinski definition) is 6. The van der Waals surface area contributed by atoms with Crippen LogP contribution in [-0.4, -0.2) is 42.1 Å². The van der Waals surface area contributed by atoms with Crippen molar-refractivity contribution in [1.29, 1.82) is 0 Å². The van der Waals surface area contributed by atoms with E-state index in [0.717, 1.165) is 38.8 Å². The van der Waals surface area contributed by atoms with Crippen molar-refractivity contribution in [2.24, 2.45) is 0 Å². The predicted octanol–water partition coefficient (Wildman–Crippen LogP) is 1.93. The Balaban J connectivity index is 2.92. The highest BCUT2D eigenvalue weighted by molar-refractivity contribution is 5.42. The molecule has 0 radical (unpaired) electrons. The van der Waals surface area contributed by atoms with Crippen molar-refractivity contribution < 1.29 is 0 Å². The second-order valence-corrected chi connectivity index (χ2v) is 4.88. The molecule has 0 atom stereocenters. The Labute approximate surface area is 116 Å². The Bertz CT molecular complexity index is 371. The second-order valence-electron chi connectivity index (χ2n) is 4.88. The van der Waals surface area contributed by atoms with E-state index in [1.165, 1.54) is 0 Å². The van der Waals surface area contributed by atoms with Crippen molar-refractivity contribution in [3.05, 3.63) is 0 Å². The largest absolute Gasteiger partial charge is 0.368 e. The number of nitrogen functional groups attached to an aromatic ring is 1. The van der Waals surface area contributed by atoms with Gasteiger partial charge in [0.2, 0.25) is 17.8 Å². The number of anilines is 3. The average Bonchev–Trinajstić information content (AvgIpc) is 2.38. The summed E-state index contributed by atoms with van der Waals surface area (Å²) in [6.45, 7) is 6.30. The van der Waals surface area contributed by atoms with Crippen LogP contribution in [0.2, 0.25) is 0 Å². The lowest BCUT2D eigenvalue weighted by atomic mass is 10.3. The third kappa shape index (κ3) is 4.89. The van der Waals surface area contributed by atoms with Crippen LogP contribution in [0.1, 0.15) is 39.5 Å². The zero-order chi connectivity index (χ0) is 14.3. The molecule has 19 heavy (non-hydrogen) atoms. The van der Waals surface area contributed by atoms with Gasteiger partial charge in [0.15, 0.2) is 0 Å². The minimum Gasteiger partial charge on any atom is -0.368 e. The lowest BCUT2D eigenvalue weighted by Gasteiger charge is -2.23. The van der Waals surface area contributed by atoms with E-state index in [1.54, 1.807) is 0 Å². The number of aromatic nitrogens is 3. The highest BCUT2D eigenvalue weighted by Gasteiger charge is 2.12. The molecule has 1 aromatic rings. The van der Waals surface area contributed by atoms with Gasteiger partial charge in [-0.25, -0.2) is 0 Å². The van der Waals surface area contributed by atoms with Crippen molar-refractivity contribution in [3.63, 3.8) is 0 Å². The minimum atomic E-state index is 0.284. The van der Waals surface area contributed by atoms with Gasteiger partial charge in [-0.05, 0) is 12.8 Å². The minimum absolute atomic E-state index is 0.284. The zero-order valence-corrected chi connectivity index (χ0v) is 12.6. The van der Waals surface area contributed by atoms with Gasteiger partial charge in [-0.1, -0.05) is 26.7 Å². The van der Waals surface area contributed by atoms with E-state index in [1.807, 2.05) is 19.0 Å². The van der Waals surface area contributed by atoms with Crippen LogP contribution in [-0.2, 0) is 0 Å². The first-order valence-electron chi connectivity index (χ1n) is 7.02. The standard InChI is InChI=1S/C13H26N6/c1-5-7-9-19(10-8-6-2)13-16-11(14)15-12(17-13)18(3)4/h5-10H2,1-4H3,(H2,14,15,16,17). The highest BCUT2D eigenvalue weighted by atomic mass is 15.3. The van der Waals surface area contributed by atoms with Crippen LogP contribution in [0.25, 0.3) is 0 Å². The number of unbranched alkanes of at least 4 members (excludes halogenated alkanes) is 2. The summed E-state index contributed by atoms with van der Waals surface area (Å²) in [5.41, 5.74) is 5.78. The first-order chi connectivity index (χ1) is 9.08. The summed E-state index contributed by atoms with van der Waals surface area (Å²) in [6, 6.07) is 0. The van der Waals surface area contributed by atoms with Crippen molar-refractivity contribution in [3.8, 4) is 0 Å². The summed E-state index contributed by atoms with van der Waals surface area (Å²) < 4.78 is 0. The first-order valence-corrected chi connectivity index (χ1v) is 7.02. The molecule has 0 unspecified atom stereocenters. The normalized spacial score (nSPS) is 10.5. The fourth-order valence-electron chi connectivity index (χ4n) is 1.72. The van der Waals surface area contributed by atoms with Crippen LogP contribution in [0, 0.1) is 0 Å². The van der Waals surface area contributed by atoms with E-state index < -0.39 is 0 Å². The number of nitrogens with zero attached hydrogens (tertiary/aromatic N) is 5. The van der Waals surface area contributed by atoms with Gasteiger partial charge in [-0.3, -0.25) is 0 Å². The summed E-state index contributed by atoms with van der Waals surface area (Å²) in [5, 5.41) is 0. The Hall–Kier alpha value is -1.59. The maximum absolute atomic E-state index is 5.78. The van der Waals surface area contributed by atoms with Crippen molar-refractivity contribution in [2.45, 2.75) is 39.5 Å². The molecule has 0 amide bonds. The fraction of sp³-hybridized carbons (Fsp3) is 0.769. The SMILES string of the molecule is CCCCN(CCCC)c1nc(N)nc(N(C)C)n1. The molecule has 0 spiro atoms. The molecule has 0 aliphatic heterocycles. The molecule has 108 valence electrons. The van der Waals surface area contributed by atoms with Crippen molar-refractivity contribution in [1.82, 2.24) is 15.0 Å². The molecule has 6 heteroatoms. The number of nitrogens with two attached hydrogens (primary N) is 1. The topological polar surface area (TPSA) is 71.2 Å². The van der Waals surface area contributed by atoms with Gasteiger partial charge in [0.1, 0.15) is 0 Å². The third-order valence-corrected chi connectivity index (χ3v) is 2.88. The van der Waals surface area contributed by atoms with E-state index in [4.69, 9.17) is 5.73 Å². The first kappa shape index (κ1) is 15.5. The molecule has 1 heterocycles. The molecule has 6 nitrogen and oxygen atoms in total. The van der Waals surface area contributed by atoms with Crippen LogP contribution < -0.4 is 15.5 Å². The summed E-state index contributed by atoms with van der Waals surface area (Å²) >= 11 is 0. The van der Waals surface area contributed by atoms with E-state index in [9.17, 15) is 0 Å². The summed E-state index contributed by atoms with van der Waals surface area (Å²) in [5.74, 6) is 1.59. The van der Waals surface area contributed by atoms with Gasteiger partial charge < -0.3 is 15.5 Å². The molecule has 0 saturated heterocycles. The quantitative estimate of drug-likeness (QED) is 0.775. The Morgan fingerprint density at radius 3 is 1.89 bits per heavy atom. The monoisotopic (exact) mass is 266 g/mol. The Morgan fingerprint density at radius 2 is 1.42 bits per heavy atom. The molecule has 2 N–H and O–H groups in total. The molecule has 0 bridgehead atoms. The van der Waals surface area contributed by atoms with Gasteiger partial charge in [-0.15, -0.1) is 0 Å². The summed E-state index contributed by atoms with van der Waals surface area (Å²) in [4.78, 5) is 17.0. The highest BCUT2D eigenvalue weighted by Crippen LogP contribution is 2.15. The van der Waals surface area contributed by atoms with Crippen molar-refractivity contribution >= 4 is 17.8 Å². The van der Waals surface area contributed by atoms with Crippen LogP contribution in [0.3, 0.4) is 0 Å². The van der Waals surface area contributed by atoms with Gasteiger partial charge in [-0.2, -0.15) is 15.0 Å². The van der Waals surface area contributed by atoms with E-state index in [2.05, 4.69) is 33.7 Å². The van der Waals surface area contributed by atoms with Gasteiger partial charge in [0, 0.05) is 27.2 Å². The molecule has 0 aromatic carbocycles. The summed E-state index contributed by atoms with van der Waals surface area (Å²) in [6.07, 6.45) is 4.58. The van der Waals surface area contributed by atoms with Gasteiger partial charge >= 0.3 is 0 Å². The van der Waals surface area contributed by atoms with Crippen molar-refractivity contribution in [2.75, 3.05) is 42.7 Å². The Morgan fingerprint density at radius 1 is 0.895 bits per heavy atom. The third-order valence-electron chi connectivity index (χ3n) is 2.88. The second kappa shape index (κ2) is 7.76. The van der Waals surface area contributed by atoms with E-state index in [-0.39, 0.29) is 5.95 Å². The molecular weight excluding hydrogens is 240 g/mol. The smallest absolute Gasteiger partial charge is 0.231 e. The van der Waals surface area contributed by atoms with E-state index >= 15 is 0 Å². The predicted molar refractivity (Wildman–Crippen MR) is 80.6 cm³/mol. The fourth-order valence-corrected chi connectivity index (χ4v) is 1.72. The zero-order valence-electron chi connectivity index (χ0n) is 12.6. The molecule has 0 fully saturated rings. The molecular formula is C13H26N6. The lowest BCUT2D eigenvalue weighted by molar-refractivity contribution is 0.661. The molecule has 0 aliphatic carbocycles. The summed E-state index contributed by atoms with van der Waals surface area (Å²) in [7, 11) is 3.81. The molecule has 0 saturated carbocycles. The van der Waals surface area contributed by atoms with Crippen LogP contribution in [0.4, 0.5) is 17.8 Å². The number of hydrogen-bond donors (Lipinski definition) is 1. The maximum atomic E-state index is 5.78. The van der Waals surface area contributed by atoms with Gasteiger partial charge in [0.05, 0.1) is 0 Å². The molecule has 1 aromatic heterocycles. The Kier molecular flexibility index (Phi) is 6.32. The van der Waals surface area contributed by atoms with Crippen LogP contribution >= 0.6 is 0 Å².